The van der Waals surface area contributed by atoms with E-state index < -0.39 is 4.92 Å². The number of carbonyl (C=O) groups is 1. The number of ether oxygens (including phenoxy) is 1. The second kappa shape index (κ2) is 6.71. The predicted octanol–water partition coefficient (Wildman–Crippen LogP) is 1.80. The van der Waals surface area contributed by atoms with E-state index in [2.05, 4.69) is 5.32 Å². The number of hydrogen-bond donors (Lipinski definition) is 1. The zero-order valence-electron chi connectivity index (χ0n) is 14.1. The third kappa shape index (κ3) is 3.27. The summed E-state index contributed by atoms with van der Waals surface area (Å²) < 4.78 is 8.34. The second-order valence-corrected chi connectivity index (χ2v) is 5.69. The summed E-state index contributed by atoms with van der Waals surface area (Å²) in [5.41, 5.74) is 1.80. The summed E-state index contributed by atoms with van der Waals surface area (Å²) in [6, 6.07) is 10.6. The second-order valence-electron chi connectivity index (χ2n) is 5.69. The fourth-order valence-electron chi connectivity index (χ4n) is 2.59. The Morgan fingerprint density at radius 1 is 1.12 bits per heavy atom. The molecule has 1 amide bonds. The van der Waals surface area contributed by atoms with Gasteiger partial charge in [-0.15, -0.1) is 0 Å². The van der Waals surface area contributed by atoms with Gasteiger partial charge in [0.15, 0.2) is 6.61 Å². The number of nitrogens with zero attached hydrogens (tertiary/aromatic N) is 3. The van der Waals surface area contributed by atoms with Gasteiger partial charge in [-0.1, -0.05) is 0 Å². The normalized spacial score (nSPS) is 10.7. The molecule has 134 valence electrons. The third-order valence-corrected chi connectivity index (χ3v) is 3.97. The number of imidazole rings is 1. The summed E-state index contributed by atoms with van der Waals surface area (Å²) in [7, 11) is 3.34. The number of amides is 1. The zero-order valence-corrected chi connectivity index (χ0v) is 14.1. The third-order valence-electron chi connectivity index (χ3n) is 3.97. The van der Waals surface area contributed by atoms with Gasteiger partial charge in [-0.05, 0) is 30.3 Å². The lowest BCUT2D eigenvalue weighted by Crippen LogP contribution is -2.20. The highest BCUT2D eigenvalue weighted by Gasteiger charge is 2.10. The van der Waals surface area contributed by atoms with Gasteiger partial charge in [-0.25, -0.2) is 4.79 Å². The molecule has 2 aromatic carbocycles. The molecule has 0 bridgehead atoms. The Morgan fingerprint density at radius 3 is 2.42 bits per heavy atom. The topological polar surface area (TPSA) is 108 Å². The molecule has 0 aliphatic carbocycles. The van der Waals surface area contributed by atoms with E-state index in [1.165, 1.54) is 33.4 Å². The SMILES string of the molecule is Cn1c(=O)n(C)c2cc(NC(=O)COc3ccc([N+](=O)[O-])cc3)ccc21. The molecular weight excluding hydrogens is 340 g/mol. The fourth-order valence-corrected chi connectivity index (χ4v) is 2.59. The minimum Gasteiger partial charge on any atom is -0.484 e. The van der Waals surface area contributed by atoms with Crippen molar-refractivity contribution < 1.29 is 14.5 Å². The quantitative estimate of drug-likeness (QED) is 0.554. The maximum Gasteiger partial charge on any atom is 0.328 e. The van der Waals surface area contributed by atoms with Crippen LogP contribution < -0.4 is 15.7 Å². The van der Waals surface area contributed by atoms with Crippen LogP contribution in [0.25, 0.3) is 11.0 Å². The number of aromatic nitrogens is 2. The first-order valence-electron chi connectivity index (χ1n) is 7.69. The standard InChI is InChI=1S/C17H16N4O5/c1-19-14-8-3-11(9-15(14)20(2)17(19)23)18-16(22)10-26-13-6-4-12(5-7-13)21(24)25/h3-9H,10H2,1-2H3,(H,18,22). The van der Waals surface area contributed by atoms with Crippen molar-refractivity contribution in [2.45, 2.75) is 0 Å². The fraction of sp³-hybridized carbons (Fsp3) is 0.176. The molecule has 0 unspecified atom stereocenters. The molecule has 0 aliphatic rings. The van der Waals surface area contributed by atoms with Gasteiger partial charge < -0.3 is 10.1 Å². The molecule has 1 N–H and O–H groups in total. The number of non-ortho nitro benzene ring substituents is 1. The molecule has 0 radical (unpaired) electrons. The summed E-state index contributed by atoms with van der Waals surface area (Å²) >= 11 is 0. The molecule has 3 rings (SSSR count). The monoisotopic (exact) mass is 356 g/mol. The van der Waals surface area contributed by atoms with E-state index in [-0.39, 0.29) is 23.9 Å². The largest absolute Gasteiger partial charge is 0.484 e. The predicted molar refractivity (Wildman–Crippen MR) is 95.4 cm³/mol. The van der Waals surface area contributed by atoms with E-state index >= 15 is 0 Å². The van der Waals surface area contributed by atoms with Crippen LogP contribution in [-0.2, 0) is 18.9 Å². The first kappa shape index (κ1) is 17.2. The van der Waals surface area contributed by atoms with Gasteiger partial charge in [0, 0.05) is 31.9 Å². The van der Waals surface area contributed by atoms with Crippen LogP contribution >= 0.6 is 0 Å². The van der Waals surface area contributed by atoms with Gasteiger partial charge in [-0.3, -0.25) is 24.0 Å². The van der Waals surface area contributed by atoms with Gasteiger partial charge in [0.05, 0.1) is 16.0 Å². The number of fused-ring (bicyclic) bond motifs is 1. The van der Waals surface area contributed by atoms with Crippen molar-refractivity contribution in [2.24, 2.45) is 14.1 Å². The summed E-state index contributed by atoms with van der Waals surface area (Å²) in [5, 5.41) is 13.3. The molecule has 9 nitrogen and oxygen atoms in total. The molecule has 1 aromatic heterocycles. The van der Waals surface area contributed by atoms with Gasteiger partial charge in [-0.2, -0.15) is 0 Å². The van der Waals surface area contributed by atoms with Crippen LogP contribution in [-0.4, -0.2) is 26.6 Å². The number of nitrogens with one attached hydrogen (secondary N) is 1. The molecule has 0 spiro atoms. The Hall–Kier alpha value is -3.62. The van der Waals surface area contributed by atoms with Crippen molar-refractivity contribution in [1.82, 2.24) is 9.13 Å². The Labute approximate surface area is 147 Å². The number of benzene rings is 2. The van der Waals surface area contributed by atoms with Crippen molar-refractivity contribution in [3.63, 3.8) is 0 Å². The maximum absolute atomic E-state index is 12.0. The van der Waals surface area contributed by atoms with Crippen LogP contribution in [0.15, 0.2) is 47.3 Å². The van der Waals surface area contributed by atoms with E-state index in [9.17, 15) is 19.7 Å². The lowest BCUT2D eigenvalue weighted by Gasteiger charge is -2.08. The van der Waals surface area contributed by atoms with E-state index in [0.717, 1.165) is 5.52 Å². The van der Waals surface area contributed by atoms with Crippen LogP contribution in [0.3, 0.4) is 0 Å². The van der Waals surface area contributed by atoms with Crippen molar-refractivity contribution in [2.75, 3.05) is 11.9 Å². The lowest BCUT2D eigenvalue weighted by molar-refractivity contribution is -0.384. The Kier molecular flexibility index (Phi) is 4.44. The van der Waals surface area contributed by atoms with E-state index in [1.54, 1.807) is 32.3 Å². The van der Waals surface area contributed by atoms with Gasteiger partial charge in [0.25, 0.3) is 11.6 Å². The van der Waals surface area contributed by atoms with Crippen LogP contribution in [0.1, 0.15) is 0 Å². The van der Waals surface area contributed by atoms with Crippen molar-refractivity contribution in [3.05, 3.63) is 63.1 Å². The highest BCUT2D eigenvalue weighted by molar-refractivity contribution is 5.94. The average molecular weight is 356 g/mol. The number of rotatable bonds is 5. The Balaban J connectivity index is 1.66. The number of hydrogen-bond acceptors (Lipinski definition) is 5. The van der Waals surface area contributed by atoms with Crippen LogP contribution in [0.5, 0.6) is 5.75 Å². The molecule has 0 saturated carbocycles. The highest BCUT2D eigenvalue weighted by Crippen LogP contribution is 2.19. The Bertz CT molecular complexity index is 1050. The molecule has 1 heterocycles. The molecule has 0 saturated heterocycles. The maximum atomic E-state index is 12.0. The lowest BCUT2D eigenvalue weighted by atomic mass is 10.2. The number of anilines is 1. The molecule has 0 atom stereocenters. The minimum atomic E-state index is -0.510. The molecular formula is C17H16N4O5. The molecule has 3 aromatic rings. The van der Waals surface area contributed by atoms with Gasteiger partial charge in [0.1, 0.15) is 5.75 Å². The van der Waals surface area contributed by atoms with Crippen molar-refractivity contribution in [3.8, 4) is 5.75 Å². The first-order valence-corrected chi connectivity index (χ1v) is 7.69. The Morgan fingerprint density at radius 2 is 1.77 bits per heavy atom. The zero-order chi connectivity index (χ0) is 18.8. The van der Waals surface area contributed by atoms with Crippen LogP contribution in [0.2, 0.25) is 0 Å². The highest BCUT2D eigenvalue weighted by atomic mass is 16.6. The number of nitro benzene ring substituents is 1. The summed E-state index contributed by atoms with van der Waals surface area (Å²) in [5.74, 6) is -0.0321. The summed E-state index contributed by atoms with van der Waals surface area (Å²) in [4.78, 5) is 34.0. The van der Waals surface area contributed by atoms with E-state index in [4.69, 9.17) is 4.74 Å². The average Bonchev–Trinajstić information content (AvgIpc) is 2.84. The number of carbonyl (C=O) groups excluding carboxylic acids is 1. The minimum absolute atomic E-state index is 0.0522. The molecule has 0 fully saturated rings. The summed E-state index contributed by atoms with van der Waals surface area (Å²) in [6.07, 6.45) is 0. The van der Waals surface area contributed by atoms with Gasteiger partial charge >= 0.3 is 5.69 Å². The molecule has 26 heavy (non-hydrogen) atoms. The molecule has 0 aliphatic heterocycles. The van der Waals surface area contributed by atoms with E-state index in [1.807, 2.05) is 0 Å². The van der Waals surface area contributed by atoms with Crippen molar-refractivity contribution >= 4 is 28.3 Å². The van der Waals surface area contributed by atoms with E-state index in [0.29, 0.717) is 17.0 Å². The van der Waals surface area contributed by atoms with Crippen molar-refractivity contribution in [1.29, 1.82) is 0 Å². The van der Waals surface area contributed by atoms with Gasteiger partial charge in [0.2, 0.25) is 0 Å². The number of aryl methyl sites for hydroxylation is 2. The van der Waals surface area contributed by atoms with Crippen LogP contribution in [0.4, 0.5) is 11.4 Å². The first-order chi connectivity index (χ1) is 12.4. The summed E-state index contributed by atoms with van der Waals surface area (Å²) in [6.45, 7) is -0.246. The number of nitro groups is 1. The smallest absolute Gasteiger partial charge is 0.328 e. The molecule has 9 heteroatoms. The van der Waals surface area contributed by atoms with Crippen LogP contribution in [0, 0.1) is 10.1 Å².